The summed E-state index contributed by atoms with van der Waals surface area (Å²) in [5, 5.41) is 3.77. The molecule has 1 aromatic carbocycles. The van der Waals surface area contributed by atoms with Crippen LogP contribution in [-0.4, -0.2) is 23.4 Å². The van der Waals surface area contributed by atoms with Gasteiger partial charge in [-0.2, -0.15) is 4.98 Å². The first-order valence-electron chi connectivity index (χ1n) is 5.74. The van der Waals surface area contributed by atoms with Crippen molar-refractivity contribution in [3.63, 3.8) is 0 Å². The van der Waals surface area contributed by atoms with Crippen LogP contribution in [0.4, 0.5) is 4.39 Å². The molecule has 1 atom stereocenters. The summed E-state index contributed by atoms with van der Waals surface area (Å²) < 4.78 is 24.0. The molecule has 0 radical (unpaired) electrons. The van der Waals surface area contributed by atoms with Crippen LogP contribution in [0.5, 0.6) is 0 Å². The van der Waals surface area contributed by atoms with Gasteiger partial charge in [-0.1, -0.05) is 5.16 Å². The fraction of sp³-hybridized carbons (Fsp3) is 0.333. The largest absolute Gasteiger partial charge is 0.380 e. The molecule has 1 heterocycles. The summed E-state index contributed by atoms with van der Waals surface area (Å²) in [4.78, 5) is 4.14. The first-order valence-corrected chi connectivity index (χ1v) is 6.53. The van der Waals surface area contributed by atoms with E-state index >= 15 is 0 Å². The molecule has 1 aromatic heterocycles. The van der Waals surface area contributed by atoms with Crippen molar-refractivity contribution in [1.82, 2.24) is 10.1 Å². The monoisotopic (exact) mass is 329 g/mol. The molecule has 7 heteroatoms. The van der Waals surface area contributed by atoms with Gasteiger partial charge in [-0.3, -0.25) is 0 Å². The summed E-state index contributed by atoms with van der Waals surface area (Å²) in [6.07, 6.45) is 0. The van der Waals surface area contributed by atoms with Crippen LogP contribution in [0.2, 0.25) is 0 Å². The Morgan fingerprint density at radius 2 is 2.32 bits per heavy atom. The average molecular weight is 330 g/mol. The first-order chi connectivity index (χ1) is 9.11. The number of nitrogens with two attached hydrogens (primary N) is 1. The SMILES string of the molecule is CCOCC(N)c1noc(-c2ccc(Br)c(F)c2)n1. The Kier molecular flexibility index (Phi) is 4.62. The lowest BCUT2D eigenvalue weighted by Gasteiger charge is -2.05. The zero-order valence-electron chi connectivity index (χ0n) is 10.3. The Hall–Kier alpha value is -1.31. The van der Waals surface area contributed by atoms with Crippen molar-refractivity contribution in [2.45, 2.75) is 13.0 Å². The molecule has 0 aliphatic heterocycles. The van der Waals surface area contributed by atoms with E-state index in [1.807, 2.05) is 6.92 Å². The zero-order valence-corrected chi connectivity index (χ0v) is 11.9. The van der Waals surface area contributed by atoms with Crippen LogP contribution in [0.1, 0.15) is 18.8 Å². The molecule has 5 nitrogen and oxygen atoms in total. The lowest BCUT2D eigenvalue weighted by atomic mass is 10.2. The summed E-state index contributed by atoms with van der Waals surface area (Å²) in [5.41, 5.74) is 6.34. The molecule has 1 unspecified atom stereocenters. The molecule has 0 aliphatic carbocycles. The molecule has 0 aliphatic rings. The van der Waals surface area contributed by atoms with E-state index in [9.17, 15) is 4.39 Å². The van der Waals surface area contributed by atoms with Gasteiger partial charge in [0.25, 0.3) is 5.89 Å². The molecule has 0 fully saturated rings. The number of aromatic nitrogens is 2. The van der Waals surface area contributed by atoms with Gasteiger partial charge in [0.2, 0.25) is 0 Å². The molecule has 2 rings (SSSR count). The highest BCUT2D eigenvalue weighted by Gasteiger charge is 2.16. The molecule has 0 bridgehead atoms. The number of nitrogens with zero attached hydrogens (tertiary/aromatic N) is 2. The van der Waals surface area contributed by atoms with Gasteiger partial charge in [0.15, 0.2) is 5.82 Å². The van der Waals surface area contributed by atoms with E-state index in [-0.39, 0.29) is 5.89 Å². The average Bonchev–Trinajstić information content (AvgIpc) is 2.89. The quantitative estimate of drug-likeness (QED) is 0.912. The lowest BCUT2D eigenvalue weighted by Crippen LogP contribution is -2.18. The van der Waals surface area contributed by atoms with E-state index in [0.717, 1.165) is 0 Å². The molecule has 2 N–H and O–H groups in total. The molecular formula is C12H13BrFN3O2. The Morgan fingerprint density at radius 3 is 3.00 bits per heavy atom. The highest BCUT2D eigenvalue weighted by molar-refractivity contribution is 9.10. The summed E-state index contributed by atoms with van der Waals surface area (Å²) in [5.74, 6) is 0.177. The van der Waals surface area contributed by atoms with Gasteiger partial charge in [-0.15, -0.1) is 0 Å². The third kappa shape index (κ3) is 3.37. The highest BCUT2D eigenvalue weighted by atomic mass is 79.9. The Labute approximate surface area is 118 Å². The normalized spacial score (nSPS) is 12.6. The molecule has 2 aromatic rings. The van der Waals surface area contributed by atoms with Gasteiger partial charge < -0.3 is 15.0 Å². The van der Waals surface area contributed by atoms with Gasteiger partial charge in [0, 0.05) is 12.2 Å². The van der Waals surface area contributed by atoms with Crippen molar-refractivity contribution in [1.29, 1.82) is 0 Å². The molecule has 0 saturated carbocycles. The third-order valence-corrected chi connectivity index (χ3v) is 3.08. The van der Waals surface area contributed by atoms with Crippen LogP contribution >= 0.6 is 15.9 Å². The van der Waals surface area contributed by atoms with Crippen molar-refractivity contribution >= 4 is 15.9 Å². The van der Waals surface area contributed by atoms with Gasteiger partial charge >= 0.3 is 0 Å². The number of hydrogen-bond donors (Lipinski definition) is 1. The highest BCUT2D eigenvalue weighted by Crippen LogP contribution is 2.24. The maximum atomic E-state index is 13.4. The Morgan fingerprint density at radius 1 is 1.53 bits per heavy atom. The second kappa shape index (κ2) is 6.23. The predicted molar refractivity (Wildman–Crippen MR) is 70.8 cm³/mol. The Bertz CT molecular complexity index is 562. The van der Waals surface area contributed by atoms with Crippen LogP contribution in [0, 0.1) is 5.82 Å². The van der Waals surface area contributed by atoms with Gasteiger partial charge in [0.05, 0.1) is 17.1 Å². The smallest absolute Gasteiger partial charge is 0.258 e. The van der Waals surface area contributed by atoms with E-state index in [1.54, 1.807) is 12.1 Å². The predicted octanol–water partition coefficient (Wildman–Crippen LogP) is 2.67. The second-order valence-electron chi connectivity index (χ2n) is 3.85. The van der Waals surface area contributed by atoms with Crippen molar-refractivity contribution < 1.29 is 13.7 Å². The van der Waals surface area contributed by atoms with Crippen molar-refractivity contribution in [3.8, 4) is 11.5 Å². The maximum Gasteiger partial charge on any atom is 0.258 e. The molecular weight excluding hydrogens is 317 g/mol. The van der Waals surface area contributed by atoms with Gasteiger partial charge in [-0.25, -0.2) is 4.39 Å². The van der Waals surface area contributed by atoms with Crippen molar-refractivity contribution in [2.24, 2.45) is 5.73 Å². The van der Waals surface area contributed by atoms with Crippen LogP contribution in [0.3, 0.4) is 0 Å². The van der Waals surface area contributed by atoms with E-state index in [4.69, 9.17) is 15.0 Å². The zero-order chi connectivity index (χ0) is 13.8. The van der Waals surface area contributed by atoms with Crippen LogP contribution in [0.15, 0.2) is 27.2 Å². The van der Waals surface area contributed by atoms with Crippen LogP contribution in [-0.2, 0) is 4.74 Å². The molecule has 0 amide bonds. The van der Waals surface area contributed by atoms with Gasteiger partial charge in [-0.05, 0) is 41.1 Å². The standard InChI is InChI=1S/C12H13BrFN3O2/c1-2-18-6-10(15)11-16-12(19-17-11)7-3-4-8(13)9(14)5-7/h3-5,10H,2,6,15H2,1H3. The van der Waals surface area contributed by atoms with E-state index in [1.165, 1.54) is 6.07 Å². The minimum Gasteiger partial charge on any atom is -0.380 e. The Balaban J connectivity index is 2.18. The lowest BCUT2D eigenvalue weighted by molar-refractivity contribution is 0.130. The number of benzene rings is 1. The molecule has 102 valence electrons. The topological polar surface area (TPSA) is 74.2 Å². The van der Waals surface area contributed by atoms with Crippen molar-refractivity contribution in [2.75, 3.05) is 13.2 Å². The second-order valence-corrected chi connectivity index (χ2v) is 4.71. The maximum absolute atomic E-state index is 13.4. The third-order valence-electron chi connectivity index (χ3n) is 2.44. The van der Waals surface area contributed by atoms with Crippen LogP contribution in [0.25, 0.3) is 11.5 Å². The summed E-state index contributed by atoms with van der Waals surface area (Å²) in [6, 6.07) is 4.11. The summed E-state index contributed by atoms with van der Waals surface area (Å²) >= 11 is 3.08. The number of ether oxygens (including phenoxy) is 1. The molecule has 19 heavy (non-hydrogen) atoms. The minimum atomic E-state index is -0.460. The van der Waals surface area contributed by atoms with E-state index < -0.39 is 11.9 Å². The van der Waals surface area contributed by atoms with E-state index in [0.29, 0.717) is 29.1 Å². The fourth-order valence-corrected chi connectivity index (χ4v) is 1.70. The number of rotatable bonds is 5. The van der Waals surface area contributed by atoms with Crippen LogP contribution < -0.4 is 5.73 Å². The van der Waals surface area contributed by atoms with Crippen molar-refractivity contribution in [3.05, 3.63) is 34.3 Å². The fourth-order valence-electron chi connectivity index (χ4n) is 1.45. The van der Waals surface area contributed by atoms with Gasteiger partial charge in [0.1, 0.15) is 5.82 Å². The minimum absolute atomic E-state index is 0.230. The summed E-state index contributed by atoms with van der Waals surface area (Å²) in [7, 11) is 0. The molecule has 0 saturated heterocycles. The number of hydrogen-bond acceptors (Lipinski definition) is 5. The molecule has 0 spiro atoms. The first kappa shape index (κ1) is 14.1. The number of halogens is 2. The summed E-state index contributed by atoms with van der Waals surface area (Å²) in [6.45, 7) is 2.75. The van der Waals surface area contributed by atoms with E-state index in [2.05, 4.69) is 26.1 Å².